The lowest BCUT2D eigenvalue weighted by Gasteiger charge is -2.39. The minimum Gasteiger partial charge on any atom is -0.481 e. The van der Waals surface area contributed by atoms with Gasteiger partial charge in [0.15, 0.2) is 0 Å². The Morgan fingerprint density at radius 3 is 2.44 bits per heavy atom. The highest BCUT2D eigenvalue weighted by Crippen LogP contribution is 2.49. The third-order valence-corrected chi connectivity index (χ3v) is 6.02. The van der Waals surface area contributed by atoms with E-state index in [9.17, 15) is 0 Å². The predicted octanol–water partition coefficient (Wildman–Crippen LogP) is 5.41. The van der Waals surface area contributed by atoms with Crippen molar-refractivity contribution in [2.45, 2.75) is 36.6 Å². The molecule has 1 aliphatic rings. The molecule has 0 aromatic heterocycles. The molecule has 1 aliphatic heterocycles. The minimum absolute atomic E-state index is 0. The van der Waals surface area contributed by atoms with E-state index >= 15 is 0 Å². The first kappa shape index (κ1) is 21.6. The number of methoxy groups -OCH3 is 1. The number of hydrogen-bond donors (Lipinski definition) is 1. The van der Waals surface area contributed by atoms with Crippen molar-refractivity contribution < 1.29 is 4.74 Å². The maximum absolute atomic E-state index is 8.03. The number of ether oxygens (including phenoxy) is 1. The number of hydrogen-bond acceptors (Lipinski definition) is 5. The molecule has 4 nitrogen and oxygen atoms in total. The third kappa shape index (κ3) is 4.42. The Labute approximate surface area is 172 Å². The lowest BCUT2D eigenvalue weighted by molar-refractivity contribution is 0.288. The second-order valence-corrected chi connectivity index (χ2v) is 7.57. The molecule has 1 unspecified atom stereocenters. The molecule has 0 spiro atoms. The van der Waals surface area contributed by atoms with Crippen molar-refractivity contribution in [3.05, 3.63) is 48.0 Å². The van der Waals surface area contributed by atoms with Gasteiger partial charge in [0.1, 0.15) is 0 Å². The summed E-state index contributed by atoms with van der Waals surface area (Å²) in [6.45, 7) is 9.80. The van der Waals surface area contributed by atoms with Gasteiger partial charge < -0.3 is 14.5 Å². The number of benzene rings is 2. The number of likely N-dealkylation sites (N-methyl/N-ethyl adjacent to an activating group) is 1. The third-order valence-electron chi connectivity index (χ3n) is 4.89. The molecule has 1 heterocycles. The Morgan fingerprint density at radius 1 is 1.11 bits per heavy atom. The predicted molar refractivity (Wildman–Crippen MR) is 117 cm³/mol. The van der Waals surface area contributed by atoms with Crippen molar-refractivity contribution in [1.29, 1.82) is 5.41 Å². The smallest absolute Gasteiger partial charge is 0.212 e. The zero-order chi connectivity index (χ0) is 18.7. The highest BCUT2D eigenvalue weighted by molar-refractivity contribution is 7.99. The number of anilines is 2. The molecule has 1 N–H and O–H groups in total. The van der Waals surface area contributed by atoms with E-state index in [0.29, 0.717) is 6.04 Å². The summed E-state index contributed by atoms with van der Waals surface area (Å²) in [5, 5.41) is 8.03. The first-order chi connectivity index (χ1) is 12.6. The number of nitrogens with one attached hydrogen (secondary N) is 1. The molecule has 0 saturated heterocycles. The number of nitrogens with zero attached hydrogens (tertiary/aromatic N) is 2. The summed E-state index contributed by atoms with van der Waals surface area (Å²) >= 11 is 1.80. The normalized spacial score (nSPS) is 13.4. The van der Waals surface area contributed by atoms with Gasteiger partial charge >= 0.3 is 0 Å². The van der Waals surface area contributed by atoms with Gasteiger partial charge in [-0.15, -0.1) is 12.4 Å². The van der Waals surface area contributed by atoms with E-state index in [-0.39, 0.29) is 18.3 Å². The van der Waals surface area contributed by atoms with Crippen molar-refractivity contribution in [3.8, 4) is 0 Å². The highest BCUT2D eigenvalue weighted by atomic mass is 35.5. The average molecular weight is 406 g/mol. The van der Waals surface area contributed by atoms with Crippen LogP contribution >= 0.6 is 24.2 Å². The van der Waals surface area contributed by atoms with E-state index < -0.39 is 0 Å². The average Bonchev–Trinajstić information content (AvgIpc) is 2.68. The fourth-order valence-corrected chi connectivity index (χ4v) is 4.51. The maximum Gasteiger partial charge on any atom is 0.212 e. The van der Waals surface area contributed by atoms with E-state index in [0.717, 1.165) is 30.9 Å². The standard InChI is InChI=1S/C21H27N3OS.ClH/c1-5-23(6-2)14-15(3)24-17-9-7-8-10-19(17)26-20-12-11-16(13-18(20)24)21(22)25-4;/h7-13,15,22H,5-6,14H2,1-4H3;1H. The molecular weight excluding hydrogens is 378 g/mol. The lowest BCUT2D eigenvalue weighted by Crippen LogP contribution is -2.41. The van der Waals surface area contributed by atoms with E-state index in [1.54, 1.807) is 18.9 Å². The van der Waals surface area contributed by atoms with Crippen molar-refractivity contribution in [3.63, 3.8) is 0 Å². The van der Waals surface area contributed by atoms with Gasteiger partial charge in [0.05, 0.1) is 18.5 Å². The monoisotopic (exact) mass is 405 g/mol. The molecule has 0 amide bonds. The first-order valence-electron chi connectivity index (χ1n) is 9.14. The van der Waals surface area contributed by atoms with Gasteiger partial charge in [0.2, 0.25) is 5.90 Å². The van der Waals surface area contributed by atoms with Crippen molar-refractivity contribution in [2.24, 2.45) is 0 Å². The number of halogens is 1. The number of para-hydroxylation sites is 1. The molecule has 0 radical (unpaired) electrons. The molecule has 146 valence electrons. The summed E-state index contributed by atoms with van der Waals surface area (Å²) in [7, 11) is 1.55. The Bertz CT molecular complexity index is 795. The van der Waals surface area contributed by atoms with Crippen LogP contribution in [0.4, 0.5) is 11.4 Å². The summed E-state index contributed by atoms with van der Waals surface area (Å²) < 4.78 is 5.14. The van der Waals surface area contributed by atoms with Gasteiger partial charge in [-0.05, 0) is 50.3 Å². The van der Waals surface area contributed by atoms with Crippen LogP contribution in [0.1, 0.15) is 26.3 Å². The Morgan fingerprint density at radius 2 is 1.78 bits per heavy atom. The van der Waals surface area contributed by atoms with Gasteiger partial charge in [0, 0.05) is 27.9 Å². The summed E-state index contributed by atoms with van der Waals surface area (Å²) in [6.07, 6.45) is 0. The summed E-state index contributed by atoms with van der Waals surface area (Å²) in [5.74, 6) is 0.202. The van der Waals surface area contributed by atoms with Crippen molar-refractivity contribution in [2.75, 3.05) is 31.6 Å². The fraction of sp³-hybridized carbons (Fsp3) is 0.381. The van der Waals surface area contributed by atoms with Crippen molar-refractivity contribution >= 4 is 41.4 Å². The van der Waals surface area contributed by atoms with Gasteiger partial charge in [-0.1, -0.05) is 37.7 Å². The quantitative estimate of drug-likeness (QED) is 0.515. The van der Waals surface area contributed by atoms with Crippen LogP contribution in [0.25, 0.3) is 0 Å². The zero-order valence-corrected chi connectivity index (χ0v) is 18.0. The summed E-state index contributed by atoms with van der Waals surface area (Å²) in [6, 6.07) is 15.1. The van der Waals surface area contributed by atoms with Crippen LogP contribution in [0.2, 0.25) is 0 Å². The Balaban J connectivity index is 0.00000261. The molecular formula is C21H28ClN3OS. The molecule has 0 fully saturated rings. The Kier molecular flexibility index (Phi) is 7.59. The van der Waals surface area contributed by atoms with Gasteiger partial charge in [0.25, 0.3) is 0 Å². The van der Waals surface area contributed by atoms with Crippen LogP contribution in [0.3, 0.4) is 0 Å². The molecule has 6 heteroatoms. The molecule has 0 bridgehead atoms. The maximum atomic E-state index is 8.03. The van der Waals surface area contributed by atoms with Crippen LogP contribution in [0.15, 0.2) is 52.3 Å². The molecule has 2 aromatic rings. The van der Waals surface area contributed by atoms with Crippen LogP contribution in [-0.4, -0.2) is 43.6 Å². The van der Waals surface area contributed by atoms with E-state index in [1.807, 2.05) is 6.07 Å². The van der Waals surface area contributed by atoms with E-state index in [4.69, 9.17) is 10.1 Å². The SMILES string of the molecule is CCN(CC)CC(C)N1c2ccccc2Sc2ccc(C(=N)OC)cc21.Cl. The lowest BCUT2D eigenvalue weighted by atomic mass is 10.1. The number of rotatable bonds is 6. The largest absolute Gasteiger partial charge is 0.481 e. The molecule has 27 heavy (non-hydrogen) atoms. The second kappa shape index (κ2) is 9.49. The minimum atomic E-state index is 0. The van der Waals surface area contributed by atoms with E-state index in [2.05, 4.69) is 67.0 Å². The molecule has 0 aliphatic carbocycles. The molecule has 1 atom stereocenters. The van der Waals surface area contributed by atoms with Gasteiger partial charge in [-0.3, -0.25) is 5.41 Å². The molecule has 2 aromatic carbocycles. The summed E-state index contributed by atoms with van der Waals surface area (Å²) in [5.41, 5.74) is 3.21. The van der Waals surface area contributed by atoms with Crippen LogP contribution < -0.4 is 4.90 Å². The van der Waals surface area contributed by atoms with Crippen molar-refractivity contribution in [1.82, 2.24) is 4.90 Å². The Hall–Kier alpha value is -1.69. The molecule has 3 rings (SSSR count). The van der Waals surface area contributed by atoms with Gasteiger partial charge in [-0.25, -0.2) is 0 Å². The zero-order valence-electron chi connectivity index (χ0n) is 16.4. The van der Waals surface area contributed by atoms with Crippen LogP contribution in [0, 0.1) is 5.41 Å². The number of fused-ring (bicyclic) bond motifs is 2. The van der Waals surface area contributed by atoms with Crippen LogP contribution in [0.5, 0.6) is 0 Å². The summed E-state index contributed by atoms with van der Waals surface area (Å²) in [4.78, 5) is 7.38. The fourth-order valence-electron chi connectivity index (χ4n) is 3.45. The second-order valence-electron chi connectivity index (χ2n) is 6.49. The highest BCUT2D eigenvalue weighted by Gasteiger charge is 2.28. The first-order valence-corrected chi connectivity index (χ1v) is 9.96. The van der Waals surface area contributed by atoms with Gasteiger partial charge in [-0.2, -0.15) is 0 Å². The topological polar surface area (TPSA) is 39.6 Å². The molecule has 0 saturated carbocycles. The van der Waals surface area contributed by atoms with E-state index in [1.165, 1.54) is 15.5 Å². The van der Waals surface area contributed by atoms with Crippen LogP contribution in [-0.2, 0) is 4.74 Å².